The fraction of sp³-hybridized carbons (Fsp3) is 0.500. The average Bonchev–Trinajstić information content (AvgIpc) is 3.08. The lowest BCUT2D eigenvalue weighted by molar-refractivity contribution is 0.296. The smallest absolute Gasteiger partial charge is 0.191 e. The summed E-state index contributed by atoms with van der Waals surface area (Å²) < 4.78 is 0. The zero-order chi connectivity index (χ0) is 18.8. The lowest BCUT2D eigenvalue weighted by atomic mass is 10.1. The largest absolute Gasteiger partial charge is 0.356 e. The van der Waals surface area contributed by atoms with Gasteiger partial charge in [0.15, 0.2) is 5.96 Å². The van der Waals surface area contributed by atoms with E-state index in [0.717, 1.165) is 55.8 Å². The molecule has 0 aliphatic rings. The van der Waals surface area contributed by atoms with E-state index >= 15 is 0 Å². The normalized spacial score (nSPS) is 11.8. The summed E-state index contributed by atoms with van der Waals surface area (Å²) in [5, 5.41) is 9.95. The van der Waals surface area contributed by atoms with Crippen molar-refractivity contribution in [3.63, 3.8) is 0 Å². The molecule has 0 aliphatic carbocycles. The number of hydrogen-bond acceptors (Lipinski definition) is 4. The van der Waals surface area contributed by atoms with E-state index in [0.29, 0.717) is 0 Å². The summed E-state index contributed by atoms with van der Waals surface area (Å²) in [7, 11) is 1.80. The molecule has 0 fully saturated rings. The number of hydrogen-bond donors (Lipinski definition) is 2. The maximum Gasteiger partial charge on any atom is 0.191 e. The van der Waals surface area contributed by atoms with Crippen LogP contribution in [-0.2, 0) is 19.5 Å². The minimum Gasteiger partial charge on any atom is -0.356 e. The van der Waals surface area contributed by atoms with Crippen molar-refractivity contribution in [1.29, 1.82) is 0 Å². The number of guanidine groups is 1. The van der Waals surface area contributed by atoms with E-state index in [-0.39, 0.29) is 0 Å². The third kappa shape index (κ3) is 6.77. The molecule has 2 rings (SSSR count). The predicted molar refractivity (Wildman–Crippen MR) is 112 cm³/mol. The quantitative estimate of drug-likeness (QED) is 0.523. The van der Waals surface area contributed by atoms with Gasteiger partial charge in [-0.3, -0.25) is 9.89 Å². The molecule has 2 aromatic rings. The van der Waals surface area contributed by atoms with E-state index in [4.69, 9.17) is 0 Å². The molecule has 0 radical (unpaired) electrons. The van der Waals surface area contributed by atoms with Gasteiger partial charge in [0.1, 0.15) is 0 Å². The van der Waals surface area contributed by atoms with Gasteiger partial charge >= 0.3 is 0 Å². The van der Waals surface area contributed by atoms with Crippen LogP contribution in [0.15, 0.2) is 34.6 Å². The van der Waals surface area contributed by atoms with Gasteiger partial charge in [-0.1, -0.05) is 38.1 Å². The van der Waals surface area contributed by atoms with Crippen LogP contribution >= 0.6 is 11.3 Å². The Morgan fingerprint density at radius 2 is 1.81 bits per heavy atom. The van der Waals surface area contributed by atoms with Crippen LogP contribution in [-0.4, -0.2) is 42.5 Å². The summed E-state index contributed by atoms with van der Waals surface area (Å²) in [6.45, 7) is 11.2. The number of rotatable bonds is 9. The van der Waals surface area contributed by atoms with Crippen LogP contribution in [0.25, 0.3) is 0 Å². The van der Waals surface area contributed by atoms with E-state index in [1.807, 2.05) is 6.92 Å². The van der Waals surface area contributed by atoms with Crippen molar-refractivity contribution >= 4 is 17.3 Å². The second-order valence-electron chi connectivity index (χ2n) is 6.24. The number of aliphatic imine (C=N–C) groups is 1. The molecule has 1 aromatic carbocycles. The standard InChI is InChI=1S/C20H31N5S/c1-5-25(6-2)14-18-9-7-17(8-10-18)13-23-20(21-4)22-12-11-19-15-26-16(3)24-19/h7-10,15H,5-6,11-14H2,1-4H3,(H2,21,22,23). The number of nitrogens with one attached hydrogen (secondary N) is 2. The van der Waals surface area contributed by atoms with Gasteiger partial charge in [0.25, 0.3) is 0 Å². The monoisotopic (exact) mass is 373 g/mol. The van der Waals surface area contributed by atoms with Crippen molar-refractivity contribution in [1.82, 2.24) is 20.5 Å². The van der Waals surface area contributed by atoms with Crippen LogP contribution in [0.2, 0.25) is 0 Å². The second-order valence-corrected chi connectivity index (χ2v) is 7.30. The summed E-state index contributed by atoms with van der Waals surface area (Å²) >= 11 is 1.70. The Morgan fingerprint density at radius 1 is 1.12 bits per heavy atom. The van der Waals surface area contributed by atoms with Crippen LogP contribution in [0.1, 0.15) is 35.7 Å². The zero-order valence-electron chi connectivity index (χ0n) is 16.4. The maximum absolute atomic E-state index is 4.48. The summed E-state index contributed by atoms with van der Waals surface area (Å²) in [5.74, 6) is 0.823. The molecule has 6 heteroatoms. The number of nitrogens with zero attached hydrogens (tertiary/aromatic N) is 3. The third-order valence-corrected chi connectivity index (χ3v) is 5.17. The molecule has 0 bridgehead atoms. The Labute approximate surface area is 161 Å². The molecule has 0 aliphatic heterocycles. The highest BCUT2D eigenvalue weighted by Gasteiger charge is 2.03. The fourth-order valence-electron chi connectivity index (χ4n) is 2.71. The van der Waals surface area contributed by atoms with Crippen LogP contribution in [0.5, 0.6) is 0 Å². The lowest BCUT2D eigenvalue weighted by Crippen LogP contribution is -2.37. The second kappa shape index (κ2) is 10.9. The van der Waals surface area contributed by atoms with E-state index in [9.17, 15) is 0 Å². The van der Waals surface area contributed by atoms with Crippen molar-refractivity contribution in [3.8, 4) is 0 Å². The Morgan fingerprint density at radius 3 is 2.38 bits per heavy atom. The summed E-state index contributed by atoms with van der Waals surface area (Å²) in [4.78, 5) is 11.2. The van der Waals surface area contributed by atoms with Gasteiger partial charge in [0.05, 0.1) is 10.7 Å². The molecule has 0 spiro atoms. The molecular weight excluding hydrogens is 342 g/mol. The van der Waals surface area contributed by atoms with Gasteiger partial charge in [0, 0.05) is 38.5 Å². The average molecular weight is 374 g/mol. The number of aryl methyl sites for hydroxylation is 1. The van der Waals surface area contributed by atoms with Crippen molar-refractivity contribution in [2.45, 2.75) is 40.3 Å². The molecule has 26 heavy (non-hydrogen) atoms. The Kier molecular flexibility index (Phi) is 8.58. The summed E-state index contributed by atoms with van der Waals surface area (Å²) in [6, 6.07) is 8.82. The summed E-state index contributed by atoms with van der Waals surface area (Å²) in [6.07, 6.45) is 0.908. The van der Waals surface area contributed by atoms with Gasteiger partial charge < -0.3 is 10.6 Å². The van der Waals surface area contributed by atoms with Gasteiger partial charge in [-0.15, -0.1) is 11.3 Å². The molecule has 2 N–H and O–H groups in total. The first-order chi connectivity index (χ1) is 12.6. The molecule has 142 valence electrons. The molecule has 1 aromatic heterocycles. The van der Waals surface area contributed by atoms with Crippen molar-refractivity contribution < 1.29 is 0 Å². The third-order valence-electron chi connectivity index (χ3n) is 4.35. The van der Waals surface area contributed by atoms with Gasteiger partial charge in [-0.25, -0.2) is 4.98 Å². The maximum atomic E-state index is 4.48. The van der Waals surface area contributed by atoms with Crippen LogP contribution < -0.4 is 10.6 Å². The van der Waals surface area contributed by atoms with Gasteiger partial charge in [0.2, 0.25) is 0 Å². The molecule has 0 saturated heterocycles. The minimum absolute atomic E-state index is 0.765. The highest BCUT2D eigenvalue weighted by molar-refractivity contribution is 7.09. The Hall–Kier alpha value is -1.92. The fourth-order valence-corrected chi connectivity index (χ4v) is 3.35. The Bertz CT molecular complexity index is 674. The first-order valence-electron chi connectivity index (χ1n) is 9.30. The van der Waals surface area contributed by atoms with Crippen molar-refractivity contribution in [3.05, 3.63) is 51.5 Å². The minimum atomic E-state index is 0.765. The van der Waals surface area contributed by atoms with Crippen LogP contribution in [0, 0.1) is 6.92 Å². The topological polar surface area (TPSA) is 52.5 Å². The van der Waals surface area contributed by atoms with E-state index < -0.39 is 0 Å². The van der Waals surface area contributed by atoms with Crippen LogP contribution in [0.3, 0.4) is 0 Å². The van der Waals surface area contributed by atoms with E-state index in [1.54, 1.807) is 18.4 Å². The zero-order valence-corrected chi connectivity index (χ0v) is 17.2. The SMILES string of the molecule is CCN(CC)Cc1ccc(CNC(=NC)NCCc2csc(C)n2)cc1. The van der Waals surface area contributed by atoms with Crippen molar-refractivity contribution in [2.24, 2.45) is 4.99 Å². The molecule has 0 amide bonds. The van der Waals surface area contributed by atoms with Crippen LogP contribution in [0.4, 0.5) is 0 Å². The van der Waals surface area contributed by atoms with Crippen molar-refractivity contribution in [2.75, 3.05) is 26.7 Å². The predicted octanol–water partition coefficient (Wildman–Crippen LogP) is 3.20. The molecule has 0 atom stereocenters. The van der Waals surface area contributed by atoms with E-state index in [1.165, 1.54) is 11.1 Å². The summed E-state index contributed by atoms with van der Waals surface area (Å²) in [5.41, 5.74) is 3.75. The Balaban J connectivity index is 1.75. The first-order valence-corrected chi connectivity index (χ1v) is 10.2. The molecule has 0 saturated carbocycles. The number of aromatic nitrogens is 1. The molecule has 0 unspecified atom stereocenters. The lowest BCUT2D eigenvalue weighted by Gasteiger charge is -2.18. The van der Waals surface area contributed by atoms with E-state index in [2.05, 4.69) is 69.0 Å². The number of benzene rings is 1. The molecule has 1 heterocycles. The highest BCUT2D eigenvalue weighted by Crippen LogP contribution is 2.08. The highest BCUT2D eigenvalue weighted by atomic mass is 32.1. The number of thiazole rings is 1. The molecular formula is C20H31N5S. The van der Waals surface area contributed by atoms with Gasteiger partial charge in [-0.2, -0.15) is 0 Å². The molecule has 5 nitrogen and oxygen atoms in total. The van der Waals surface area contributed by atoms with Gasteiger partial charge in [-0.05, 0) is 31.1 Å². The first kappa shape index (κ1) is 20.4.